The second-order valence-electron chi connectivity index (χ2n) is 6.25. The van der Waals surface area contributed by atoms with Crippen LogP contribution in [0.2, 0.25) is 0 Å². The predicted octanol–water partition coefficient (Wildman–Crippen LogP) is 3.82. The second-order valence-corrected chi connectivity index (χ2v) is 6.25. The van der Waals surface area contributed by atoms with E-state index in [2.05, 4.69) is 29.2 Å². The van der Waals surface area contributed by atoms with Crippen molar-refractivity contribution in [1.82, 2.24) is 10.1 Å². The molecule has 1 saturated heterocycles. The molecular formula is C20H19N3O2. The summed E-state index contributed by atoms with van der Waals surface area (Å²) in [6, 6.07) is 17.8. The fraction of sp³-hybridized carbons (Fsp3) is 0.250. The summed E-state index contributed by atoms with van der Waals surface area (Å²) in [5.74, 6) is 1.12. The van der Waals surface area contributed by atoms with Gasteiger partial charge in [-0.1, -0.05) is 54.5 Å². The number of aryl methyl sites for hydroxylation is 1. The number of carbonyl (C=O) groups is 1. The molecule has 1 atom stereocenters. The number of amides is 1. The van der Waals surface area contributed by atoms with Crippen LogP contribution in [0.5, 0.6) is 0 Å². The Balaban J connectivity index is 1.55. The Bertz CT molecular complexity index is 889. The fourth-order valence-corrected chi connectivity index (χ4v) is 3.17. The minimum absolute atomic E-state index is 0.0669. The highest BCUT2D eigenvalue weighted by atomic mass is 16.5. The highest BCUT2D eigenvalue weighted by Crippen LogP contribution is 2.32. The van der Waals surface area contributed by atoms with Crippen molar-refractivity contribution in [2.75, 3.05) is 11.4 Å². The van der Waals surface area contributed by atoms with Gasteiger partial charge in [-0.15, -0.1) is 0 Å². The number of nitrogens with zero attached hydrogens (tertiary/aromatic N) is 3. The molecule has 0 aliphatic carbocycles. The SMILES string of the molecule is CCc1cccc(N2CC(c3nc(-c4ccccc4)no3)CC2=O)c1. The Morgan fingerprint density at radius 3 is 2.80 bits per heavy atom. The molecule has 0 bridgehead atoms. The average Bonchev–Trinajstić information content (AvgIpc) is 3.29. The molecule has 0 saturated carbocycles. The van der Waals surface area contributed by atoms with E-state index in [4.69, 9.17) is 4.52 Å². The summed E-state index contributed by atoms with van der Waals surface area (Å²) in [4.78, 5) is 18.8. The molecule has 0 radical (unpaired) electrons. The Labute approximate surface area is 146 Å². The van der Waals surface area contributed by atoms with Gasteiger partial charge in [0.05, 0.1) is 5.92 Å². The van der Waals surface area contributed by atoms with Crippen LogP contribution in [0, 0.1) is 0 Å². The molecule has 1 fully saturated rings. The molecule has 1 unspecified atom stereocenters. The average molecular weight is 333 g/mol. The molecule has 0 N–H and O–H groups in total. The molecule has 2 heterocycles. The highest BCUT2D eigenvalue weighted by Gasteiger charge is 2.35. The van der Waals surface area contributed by atoms with Crippen molar-refractivity contribution in [3.05, 3.63) is 66.1 Å². The third-order valence-electron chi connectivity index (χ3n) is 4.58. The van der Waals surface area contributed by atoms with Crippen LogP contribution in [0.1, 0.15) is 30.7 Å². The van der Waals surface area contributed by atoms with Gasteiger partial charge in [-0.25, -0.2) is 0 Å². The third-order valence-corrected chi connectivity index (χ3v) is 4.58. The fourth-order valence-electron chi connectivity index (χ4n) is 3.17. The summed E-state index contributed by atoms with van der Waals surface area (Å²) in [6.07, 6.45) is 1.34. The molecule has 1 aromatic heterocycles. The summed E-state index contributed by atoms with van der Waals surface area (Å²) in [5.41, 5.74) is 3.07. The molecule has 25 heavy (non-hydrogen) atoms. The number of hydrogen-bond acceptors (Lipinski definition) is 4. The maximum absolute atomic E-state index is 12.5. The van der Waals surface area contributed by atoms with Gasteiger partial charge in [0, 0.05) is 24.2 Å². The van der Waals surface area contributed by atoms with Crippen LogP contribution in [0.25, 0.3) is 11.4 Å². The Hall–Kier alpha value is -2.95. The first-order valence-electron chi connectivity index (χ1n) is 8.53. The van der Waals surface area contributed by atoms with Gasteiger partial charge in [-0.3, -0.25) is 4.79 Å². The van der Waals surface area contributed by atoms with Crippen LogP contribution in [0.4, 0.5) is 5.69 Å². The summed E-state index contributed by atoms with van der Waals surface area (Å²) in [6.45, 7) is 2.68. The van der Waals surface area contributed by atoms with E-state index >= 15 is 0 Å². The topological polar surface area (TPSA) is 59.2 Å². The maximum atomic E-state index is 12.5. The van der Waals surface area contributed by atoms with E-state index in [0.29, 0.717) is 24.7 Å². The van der Waals surface area contributed by atoms with E-state index in [1.807, 2.05) is 47.4 Å². The van der Waals surface area contributed by atoms with Crippen molar-refractivity contribution < 1.29 is 9.32 Å². The first kappa shape index (κ1) is 15.6. The van der Waals surface area contributed by atoms with E-state index in [-0.39, 0.29) is 11.8 Å². The minimum Gasteiger partial charge on any atom is -0.339 e. The summed E-state index contributed by atoms with van der Waals surface area (Å²) >= 11 is 0. The number of aromatic nitrogens is 2. The highest BCUT2D eigenvalue weighted by molar-refractivity contribution is 5.96. The first-order valence-corrected chi connectivity index (χ1v) is 8.53. The van der Waals surface area contributed by atoms with Gasteiger partial charge in [-0.2, -0.15) is 4.98 Å². The molecule has 5 heteroatoms. The van der Waals surface area contributed by atoms with Crippen LogP contribution >= 0.6 is 0 Å². The van der Waals surface area contributed by atoms with Crippen LogP contribution in [0.3, 0.4) is 0 Å². The zero-order valence-corrected chi connectivity index (χ0v) is 14.1. The van der Waals surface area contributed by atoms with Crippen molar-refractivity contribution >= 4 is 11.6 Å². The molecule has 1 amide bonds. The van der Waals surface area contributed by atoms with E-state index in [9.17, 15) is 4.79 Å². The van der Waals surface area contributed by atoms with E-state index in [1.165, 1.54) is 5.56 Å². The number of anilines is 1. The Morgan fingerprint density at radius 2 is 2.00 bits per heavy atom. The summed E-state index contributed by atoms with van der Waals surface area (Å²) in [7, 11) is 0. The maximum Gasteiger partial charge on any atom is 0.232 e. The number of benzene rings is 2. The normalized spacial score (nSPS) is 17.2. The summed E-state index contributed by atoms with van der Waals surface area (Å²) in [5, 5.41) is 4.07. The molecular weight excluding hydrogens is 314 g/mol. The predicted molar refractivity (Wildman–Crippen MR) is 95.3 cm³/mol. The lowest BCUT2D eigenvalue weighted by molar-refractivity contribution is -0.117. The third kappa shape index (κ3) is 3.05. The summed E-state index contributed by atoms with van der Waals surface area (Å²) < 4.78 is 5.44. The smallest absolute Gasteiger partial charge is 0.232 e. The lowest BCUT2D eigenvalue weighted by atomic mass is 10.1. The van der Waals surface area contributed by atoms with Gasteiger partial charge in [-0.05, 0) is 24.1 Å². The van der Waals surface area contributed by atoms with Crippen LogP contribution < -0.4 is 4.90 Å². The lowest BCUT2D eigenvalue weighted by Crippen LogP contribution is -2.24. The Morgan fingerprint density at radius 1 is 1.16 bits per heavy atom. The molecule has 1 aliphatic rings. The molecule has 1 aliphatic heterocycles. The van der Waals surface area contributed by atoms with Gasteiger partial charge in [0.1, 0.15) is 0 Å². The zero-order chi connectivity index (χ0) is 17.2. The molecule has 126 valence electrons. The first-order chi connectivity index (χ1) is 12.2. The number of hydrogen-bond donors (Lipinski definition) is 0. The zero-order valence-electron chi connectivity index (χ0n) is 14.1. The van der Waals surface area contributed by atoms with Crippen molar-refractivity contribution in [1.29, 1.82) is 0 Å². The molecule has 4 rings (SSSR count). The van der Waals surface area contributed by atoms with Crippen LogP contribution in [-0.2, 0) is 11.2 Å². The van der Waals surface area contributed by atoms with E-state index in [0.717, 1.165) is 17.7 Å². The molecule has 0 spiro atoms. The van der Waals surface area contributed by atoms with Crippen LogP contribution in [-0.4, -0.2) is 22.6 Å². The van der Waals surface area contributed by atoms with E-state index in [1.54, 1.807) is 0 Å². The van der Waals surface area contributed by atoms with Crippen molar-refractivity contribution in [3.8, 4) is 11.4 Å². The molecule has 2 aromatic carbocycles. The molecule has 3 aromatic rings. The Kier molecular flexibility index (Phi) is 4.06. The quantitative estimate of drug-likeness (QED) is 0.728. The van der Waals surface area contributed by atoms with Crippen molar-refractivity contribution in [2.45, 2.75) is 25.7 Å². The van der Waals surface area contributed by atoms with Gasteiger partial charge in [0.25, 0.3) is 0 Å². The molecule has 5 nitrogen and oxygen atoms in total. The van der Waals surface area contributed by atoms with Gasteiger partial charge < -0.3 is 9.42 Å². The van der Waals surface area contributed by atoms with Gasteiger partial charge in [0.15, 0.2) is 0 Å². The standard InChI is InChI=1S/C20H19N3O2/c1-2-14-7-6-10-17(11-14)23-13-16(12-18(23)24)20-21-19(22-25-20)15-8-4-3-5-9-15/h3-11,16H,2,12-13H2,1H3. The number of carbonyl (C=O) groups excluding carboxylic acids is 1. The lowest BCUT2D eigenvalue weighted by Gasteiger charge is -2.16. The number of rotatable bonds is 4. The van der Waals surface area contributed by atoms with Gasteiger partial charge >= 0.3 is 0 Å². The van der Waals surface area contributed by atoms with Crippen molar-refractivity contribution in [3.63, 3.8) is 0 Å². The monoisotopic (exact) mass is 333 g/mol. The van der Waals surface area contributed by atoms with Gasteiger partial charge in [0.2, 0.25) is 17.6 Å². The largest absolute Gasteiger partial charge is 0.339 e. The second kappa shape index (κ2) is 6.51. The minimum atomic E-state index is -0.0669. The van der Waals surface area contributed by atoms with Crippen LogP contribution in [0.15, 0.2) is 59.1 Å². The van der Waals surface area contributed by atoms with E-state index < -0.39 is 0 Å². The van der Waals surface area contributed by atoms with Crippen molar-refractivity contribution in [2.24, 2.45) is 0 Å².